The van der Waals surface area contributed by atoms with E-state index < -0.39 is 0 Å². The van der Waals surface area contributed by atoms with Crippen LogP contribution in [0, 0.1) is 0 Å². The number of ether oxygens (including phenoxy) is 1. The summed E-state index contributed by atoms with van der Waals surface area (Å²) in [5, 5.41) is 6.34. The molecule has 0 aromatic carbocycles. The van der Waals surface area contributed by atoms with Gasteiger partial charge in [0.15, 0.2) is 0 Å². The standard InChI is InChI=1S/C12H25N3O2S.2ClH/c1-15(6-7-17-2)5-3-14-12(16)9-11-10-18-8-4-13-11;;/h11,13H,3-10H2,1-2H3,(H,14,16);2*1H. The maximum Gasteiger partial charge on any atom is 0.221 e. The van der Waals surface area contributed by atoms with E-state index >= 15 is 0 Å². The lowest BCUT2D eigenvalue weighted by molar-refractivity contribution is -0.121. The van der Waals surface area contributed by atoms with Gasteiger partial charge in [0.25, 0.3) is 0 Å². The number of hydrogen-bond donors (Lipinski definition) is 2. The monoisotopic (exact) mass is 347 g/mol. The van der Waals surface area contributed by atoms with Crippen molar-refractivity contribution in [1.29, 1.82) is 0 Å². The molecule has 1 fully saturated rings. The predicted molar refractivity (Wildman–Crippen MR) is 90.6 cm³/mol. The molecule has 0 bridgehead atoms. The van der Waals surface area contributed by atoms with Crippen LogP contribution in [0.5, 0.6) is 0 Å². The molecule has 122 valence electrons. The third kappa shape index (κ3) is 11.0. The Hall–Kier alpha value is 0.280. The second kappa shape index (κ2) is 14.2. The van der Waals surface area contributed by atoms with Crippen molar-refractivity contribution >= 4 is 42.5 Å². The normalized spacial score (nSPS) is 18.1. The van der Waals surface area contributed by atoms with E-state index in [1.165, 1.54) is 0 Å². The summed E-state index contributed by atoms with van der Waals surface area (Å²) < 4.78 is 5.00. The number of nitrogens with zero attached hydrogens (tertiary/aromatic N) is 1. The van der Waals surface area contributed by atoms with Crippen LogP contribution in [0.2, 0.25) is 0 Å². The number of thioether (sulfide) groups is 1. The topological polar surface area (TPSA) is 53.6 Å². The zero-order valence-electron chi connectivity index (χ0n) is 12.2. The number of methoxy groups -OCH3 is 1. The van der Waals surface area contributed by atoms with Crippen LogP contribution >= 0.6 is 36.6 Å². The maximum absolute atomic E-state index is 11.7. The maximum atomic E-state index is 11.7. The Morgan fingerprint density at radius 1 is 1.45 bits per heavy atom. The van der Waals surface area contributed by atoms with Gasteiger partial charge in [0.05, 0.1) is 6.61 Å². The molecule has 1 amide bonds. The quantitative estimate of drug-likeness (QED) is 0.674. The van der Waals surface area contributed by atoms with Crippen molar-refractivity contribution in [2.45, 2.75) is 12.5 Å². The van der Waals surface area contributed by atoms with E-state index in [9.17, 15) is 4.79 Å². The molecule has 1 aliphatic heterocycles. The third-order valence-electron chi connectivity index (χ3n) is 2.92. The van der Waals surface area contributed by atoms with E-state index in [0.717, 1.165) is 37.7 Å². The fourth-order valence-corrected chi connectivity index (χ4v) is 2.74. The lowest BCUT2D eigenvalue weighted by atomic mass is 10.2. The highest BCUT2D eigenvalue weighted by molar-refractivity contribution is 7.99. The lowest BCUT2D eigenvalue weighted by Gasteiger charge is -2.22. The van der Waals surface area contributed by atoms with Gasteiger partial charge in [-0.05, 0) is 7.05 Å². The molecule has 5 nitrogen and oxygen atoms in total. The summed E-state index contributed by atoms with van der Waals surface area (Å²) in [6.07, 6.45) is 0.592. The molecule has 0 aromatic rings. The summed E-state index contributed by atoms with van der Waals surface area (Å²) in [7, 11) is 3.73. The predicted octanol–water partition coefficient (Wildman–Crippen LogP) is 0.619. The van der Waals surface area contributed by atoms with Gasteiger partial charge in [0, 0.05) is 57.3 Å². The van der Waals surface area contributed by atoms with Crippen LogP contribution in [0.15, 0.2) is 0 Å². The van der Waals surface area contributed by atoms with E-state index in [1.54, 1.807) is 7.11 Å². The van der Waals surface area contributed by atoms with Crippen molar-refractivity contribution in [3.05, 3.63) is 0 Å². The minimum absolute atomic E-state index is 0. The van der Waals surface area contributed by atoms with Gasteiger partial charge >= 0.3 is 0 Å². The lowest BCUT2D eigenvalue weighted by Crippen LogP contribution is -2.42. The van der Waals surface area contributed by atoms with Crippen LogP contribution in [0.3, 0.4) is 0 Å². The molecular weight excluding hydrogens is 321 g/mol. The smallest absolute Gasteiger partial charge is 0.221 e. The van der Waals surface area contributed by atoms with Crippen LogP contribution in [0.25, 0.3) is 0 Å². The van der Waals surface area contributed by atoms with Crippen molar-refractivity contribution < 1.29 is 9.53 Å². The molecular formula is C12H27Cl2N3O2S. The van der Waals surface area contributed by atoms with Crippen molar-refractivity contribution in [3.8, 4) is 0 Å². The Bertz CT molecular complexity index is 245. The van der Waals surface area contributed by atoms with Gasteiger partial charge in [0.2, 0.25) is 5.91 Å². The van der Waals surface area contributed by atoms with E-state index in [4.69, 9.17) is 4.74 Å². The first-order valence-corrected chi connectivity index (χ1v) is 7.63. The molecule has 1 unspecified atom stereocenters. The van der Waals surface area contributed by atoms with E-state index in [0.29, 0.717) is 19.0 Å². The zero-order chi connectivity index (χ0) is 13.2. The molecule has 20 heavy (non-hydrogen) atoms. The van der Waals surface area contributed by atoms with Crippen LogP contribution in [0.1, 0.15) is 6.42 Å². The fourth-order valence-electron chi connectivity index (χ4n) is 1.79. The first-order valence-electron chi connectivity index (χ1n) is 6.47. The first-order chi connectivity index (χ1) is 8.72. The highest BCUT2D eigenvalue weighted by Gasteiger charge is 2.16. The second-order valence-electron chi connectivity index (χ2n) is 4.58. The van der Waals surface area contributed by atoms with Gasteiger partial charge in [-0.2, -0.15) is 11.8 Å². The average Bonchev–Trinajstić information content (AvgIpc) is 2.37. The Kier molecular flexibility index (Phi) is 16.0. The fraction of sp³-hybridized carbons (Fsp3) is 0.917. The van der Waals surface area contributed by atoms with Crippen molar-refractivity contribution in [1.82, 2.24) is 15.5 Å². The van der Waals surface area contributed by atoms with Gasteiger partial charge in [-0.25, -0.2) is 0 Å². The van der Waals surface area contributed by atoms with Gasteiger partial charge in [0.1, 0.15) is 0 Å². The molecule has 1 rings (SSSR count). The number of halogens is 2. The third-order valence-corrected chi connectivity index (χ3v) is 4.05. The number of hydrogen-bond acceptors (Lipinski definition) is 5. The van der Waals surface area contributed by atoms with Gasteiger partial charge in [-0.15, -0.1) is 24.8 Å². The summed E-state index contributed by atoms with van der Waals surface area (Å²) in [6.45, 7) is 4.21. The molecule has 0 aliphatic carbocycles. The number of nitrogens with one attached hydrogen (secondary N) is 2. The summed E-state index contributed by atoms with van der Waals surface area (Å²) in [4.78, 5) is 13.9. The number of amides is 1. The van der Waals surface area contributed by atoms with Gasteiger partial charge < -0.3 is 20.3 Å². The summed E-state index contributed by atoms with van der Waals surface area (Å²) in [5.74, 6) is 2.35. The van der Waals surface area contributed by atoms with E-state index in [-0.39, 0.29) is 30.7 Å². The van der Waals surface area contributed by atoms with Crippen LogP contribution in [-0.4, -0.2) is 75.3 Å². The molecule has 8 heteroatoms. The van der Waals surface area contributed by atoms with Crippen LogP contribution in [-0.2, 0) is 9.53 Å². The number of carbonyl (C=O) groups is 1. The van der Waals surface area contributed by atoms with Gasteiger partial charge in [-0.3, -0.25) is 4.79 Å². The molecule has 1 heterocycles. The molecule has 0 saturated carbocycles. The first kappa shape index (κ1) is 22.6. The van der Waals surface area contributed by atoms with Crippen LogP contribution < -0.4 is 10.6 Å². The van der Waals surface area contributed by atoms with E-state index in [1.807, 2.05) is 18.8 Å². The van der Waals surface area contributed by atoms with Crippen LogP contribution in [0.4, 0.5) is 0 Å². The highest BCUT2D eigenvalue weighted by Crippen LogP contribution is 2.09. The van der Waals surface area contributed by atoms with E-state index in [2.05, 4.69) is 15.5 Å². The second-order valence-corrected chi connectivity index (χ2v) is 5.73. The Morgan fingerprint density at radius 2 is 2.20 bits per heavy atom. The van der Waals surface area contributed by atoms with Crippen molar-refractivity contribution in [2.24, 2.45) is 0 Å². The largest absolute Gasteiger partial charge is 0.383 e. The minimum atomic E-state index is 0. The Labute approximate surface area is 138 Å². The molecule has 0 aromatic heterocycles. The molecule has 1 atom stereocenters. The minimum Gasteiger partial charge on any atom is -0.383 e. The summed E-state index contributed by atoms with van der Waals surface area (Å²) in [6, 6.07) is 0.343. The highest BCUT2D eigenvalue weighted by atomic mass is 35.5. The Balaban J connectivity index is 0. The van der Waals surface area contributed by atoms with Crippen molar-refractivity contribution in [3.63, 3.8) is 0 Å². The molecule has 2 N–H and O–H groups in total. The number of rotatable bonds is 8. The number of likely N-dealkylation sites (N-methyl/N-ethyl adjacent to an activating group) is 1. The number of carbonyl (C=O) groups excluding carboxylic acids is 1. The SMILES string of the molecule is COCCN(C)CCNC(=O)CC1CSCCN1.Cl.Cl. The molecule has 1 saturated heterocycles. The summed E-state index contributed by atoms with van der Waals surface area (Å²) in [5.41, 5.74) is 0. The Morgan fingerprint density at radius 3 is 2.80 bits per heavy atom. The van der Waals surface area contributed by atoms with Crippen molar-refractivity contribution in [2.75, 3.05) is 58.4 Å². The molecule has 0 spiro atoms. The zero-order valence-corrected chi connectivity index (χ0v) is 14.7. The molecule has 1 aliphatic rings. The average molecular weight is 348 g/mol. The summed E-state index contributed by atoms with van der Waals surface area (Å²) >= 11 is 1.92. The van der Waals surface area contributed by atoms with Gasteiger partial charge in [-0.1, -0.05) is 0 Å². The molecule has 0 radical (unpaired) electrons.